The molecular formula is C24H27F3N4O2. The predicted octanol–water partition coefficient (Wildman–Crippen LogP) is 5.83. The number of hydrogen-bond donors (Lipinski definition) is 3. The first-order valence-corrected chi connectivity index (χ1v) is 10.5. The standard InChI is InChI=1S/C24H27F3N4O2/c1-14(2)20(13-32)29-23-28-19(17-9-6-10-18(11-17)33-24(25,26)27)12-21(31-23)30-22-15(3)7-5-8-16(22)4/h5-12,14,20,32H,13H2,1-4H3,(H2,28,29,30,31)/t20-/m0/s1. The van der Waals surface area contributed by atoms with Crippen molar-refractivity contribution in [1.29, 1.82) is 0 Å². The van der Waals surface area contributed by atoms with Crippen molar-refractivity contribution in [1.82, 2.24) is 9.97 Å². The molecule has 0 saturated carbocycles. The number of halogens is 3. The van der Waals surface area contributed by atoms with Crippen molar-refractivity contribution < 1.29 is 23.0 Å². The number of anilines is 3. The van der Waals surface area contributed by atoms with Gasteiger partial charge in [-0.3, -0.25) is 0 Å². The molecule has 0 spiro atoms. The minimum Gasteiger partial charge on any atom is -0.406 e. The molecule has 0 fully saturated rings. The first kappa shape index (κ1) is 24.3. The molecule has 1 atom stereocenters. The quantitative estimate of drug-likeness (QED) is 0.392. The van der Waals surface area contributed by atoms with Gasteiger partial charge in [-0.2, -0.15) is 4.98 Å². The van der Waals surface area contributed by atoms with E-state index in [9.17, 15) is 18.3 Å². The van der Waals surface area contributed by atoms with Crippen LogP contribution in [-0.4, -0.2) is 34.1 Å². The third-order valence-corrected chi connectivity index (χ3v) is 5.14. The average molecular weight is 461 g/mol. The Morgan fingerprint density at radius 3 is 2.27 bits per heavy atom. The van der Waals surface area contributed by atoms with E-state index in [2.05, 4.69) is 25.3 Å². The van der Waals surface area contributed by atoms with Gasteiger partial charge in [-0.15, -0.1) is 13.2 Å². The number of nitrogens with one attached hydrogen (secondary N) is 2. The lowest BCUT2D eigenvalue weighted by molar-refractivity contribution is -0.274. The van der Waals surface area contributed by atoms with Crippen molar-refractivity contribution in [2.24, 2.45) is 5.92 Å². The zero-order valence-electron chi connectivity index (χ0n) is 18.9. The summed E-state index contributed by atoms with van der Waals surface area (Å²) in [6, 6.07) is 12.9. The smallest absolute Gasteiger partial charge is 0.406 e. The molecule has 1 aromatic heterocycles. The van der Waals surface area contributed by atoms with E-state index < -0.39 is 6.36 Å². The fraction of sp³-hybridized carbons (Fsp3) is 0.333. The molecule has 0 aliphatic heterocycles. The monoisotopic (exact) mass is 460 g/mol. The van der Waals surface area contributed by atoms with Crippen molar-refractivity contribution in [3.63, 3.8) is 0 Å². The molecular weight excluding hydrogens is 433 g/mol. The second-order valence-corrected chi connectivity index (χ2v) is 8.11. The first-order chi connectivity index (χ1) is 15.6. The molecule has 9 heteroatoms. The van der Waals surface area contributed by atoms with E-state index >= 15 is 0 Å². The van der Waals surface area contributed by atoms with Gasteiger partial charge >= 0.3 is 6.36 Å². The van der Waals surface area contributed by atoms with E-state index in [4.69, 9.17) is 0 Å². The zero-order valence-corrected chi connectivity index (χ0v) is 18.9. The van der Waals surface area contributed by atoms with Crippen molar-refractivity contribution >= 4 is 17.5 Å². The Kier molecular flexibility index (Phi) is 7.43. The second kappa shape index (κ2) is 10.1. The van der Waals surface area contributed by atoms with E-state index in [1.54, 1.807) is 12.1 Å². The maximum absolute atomic E-state index is 12.7. The molecule has 3 rings (SSSR count). The molecule has 0 aliphatic rings. The highest BCUT2D eigenvalue weighted by Gasteiger charge is 2.31. The Morgan fingerprint density at radius 2 is 1.67 bits per heavy atom. The zero-order chi connectivity index (χ0) is 24.2. The highest BCUT2D eigenvalue weighted by Crippen LogP contribution is 2.30. The second-order valence-electron chi connectivity index (χ2n) is 8.11. The first-order valence-electron chi connectivity index (χ1n) is 10.5. The molecule has 33 heavy (non-hydrogen) atoms. The lowest BCUT2D eigenvalue weighted by atomic mass is 10.1. The maximum atomic E-state index is 12.7. The number of aromatic nitrogens is 2. The van der Waals surface area contributed by atoms with Crippen LogP contribution >= 0.6 is 0 Å². The van der Waals surface area contributed by atoms with Crippen LogP contribution in [0, 0.1) is 19.8 Å². The van der Waals surface area contributed by atoms with E-state index in [-0.39, 0.29) is 30.3 Å². The summed E-state index contributed by atoms with van der Waals surface area (Å²) in [6.45, 7) is 7.71. The number of hydrogen-bond acceptors (Lipinski definition) is 6. The summed E-state index contributed by atoms with van der Waals surface area (Å²) in [7, 11) is 0. The van der Waals surface area contributed by atoms with Gasteiger partial charge < -0.3 is 20.5 Å². The highest BCUT2D eigenvalue weighted by molar-refractivity contribution is 5.70. The minimum absolute atomic E-state index is 0.0980. The summed E-state index contributed by atoms with van der Waals surface area (Å²) >= 11 is 0. The summed E-state index contributed by atoms with van der Waals surface area (Å²) in [6.07, 6.45) is -4.79. The number of ether oxygens (including phenoxy) is 1. The summed E-state index contributed by atoms with van der Waals surface area (Å²) in [4.78, 5) is 9.02. The number of nitrogens with zero attached hydrogens (tertiary/aromatic N) is 2. The fourth-order valence-corrected chi connectivity index (χ4v) is 3.30. The Hall–Kier alpha value is -3.33. The average Bonchev–Trinajstić information content (AvgIpc) is 2.73. The molecule has 0 radical (unpaired) electrons. The molecule has 2 aromatic carbocycles. The van der Waals surface area contributed by atoms with Gasteiger partial charge in [0.1, 0.15) is 11.6 Å². The van der Waals surface area contributed by atoms with E-state index in [0.29, 0.717) is 17.1 Å². The summed E-state index contributed by atoms with van der Waals surface area (Å²) in [5, 5.41) is 16.1. The van der Waals surface area contributed by atoms with Crippen molar-refractivity contribution in [2.45, 2.75) is 40.1 Å². The molecule has 0 unspecified atom stereocenters. The van der Waals surface area contributed by atoms with Gasteiger partial charge in [0, 0.05) is 17.3 Å². The van der Waals surface area contributed by atoms with E-state index in [1.165, 1.54) is 18.2 Å². The minimum atomic E-state index is -4.79. The topological polar surface area (TPSA) is 79.3 Å². The SMILES string of the molecule is Cc1cccc(C)c1Nc1cc(-c2cccc(OC(F)(F)F)c2)nc(N[C@@H](CO)C(C)C)n1. The Bertz CT molecular complexity index is 1080. The lowest BCUT2D eigenvalue weighted by Crippen LogP contribution is -2.30. The molecule has 3 N–H and O–H groups in total. The maximum Gasteiger partial charge on any atom is 0.573 e. The van der Waals surface area contributed by atoms with Crippen LogP contribution < -0.4 is 15.4 Å². The number of aliphatic hydroxyl groups excluding tert-OH is 1. The van der Waals surface area contributed by atoms with E-state index in [1.807, 2.05) is 45.9 Å². The molecule has 176 valence electrons. The number of rotatable bonds is 8. The molecule has 0 aliphatic carbocycles. The van der Waals surface area contributed by atoms with Crippen LogP contribution in [-0.2, 0) is 0 Å². The third kappa shape index (κ3) is 6.58. The van der Waals surface area contributed by atoms with Gasteiger partial charge in [0.05, 0.1) is 18.3 Å². The van der Waals surface area contributed by atoms with Gasteiger partial charge in [0.25, 0.3) is 0 Å². The van der Waals surface area contributed by atoms with Gasteiger partial charge in [0.15, 0.2) is 0 Å². The van der Waals surface area contributed by atoms with Gasteiger partial charge in [-0.25, -0.2) is 4.98 Å². The van der Waals surface area contributed by atoms with Crippen LogP contribution in [0.1, 0.15) is 25.0 Å². The molecule has 0 bridgehead atoms. The normalized spacial score (nSPS) is 12.5. The van der Waals surface area contributed by atoms with Crippen LogP contribution in [0.3, 0.4) is 0 Å². The number of benzene rings is 2. The predicted molar refractivity (Wildman–Crippen MR) is 123 cm³/mol. The van der Waals surface area contributed by atoms with E-state index in [0.717, 1.165) is 16.8 Å². The molecule has 0 saturated heterocycles. The van der Waals surface area contributed by atoms with Crippen molar-refractivity contribution in [3.05, 3.63) is 59.7 Å². The summed E-state index contributed by atoms with van der Waals surface area (Å²) < 4.78 is 42.1. The Balaban J connectivity index is 2.05. The molecule has 6 nitrogen and oxygen atoms in total. The third-order valence-electron chi connectivity index (χ3n) is 5.14. The van der Waals surface area contributed by atoms with Crippen molar-refractivity contribution in [2.75, 3.05) is 17.2 Å². The van der Waals surface area contributed by atoms with Crippen LogP contribution in [0.25, 0.3) is 11.3 Å². The molecule has 3 aromatic rings. The number of para-hydroxylation sites is 1. The number of alkyl halides is 3. The number of aliphatic hydroxyl groups is 1. The largest absolute Gasteiger partial charge is 0.573 e. The van der Waals surface area contributed by atoms with Gasteiger partial charge in [0.2, 0.25) is 5.95 Å². The van der Waals surface area contributed by atoms with Crippen LogP contribution in [0.5, 0.6) is 5.75 Å². The van der Waals surface area contributed by atoms with Crippen LogP contribution in [0.15, 0.2) is 48.5 Å². The van der Waals surface area contributed by atoms with Gasteiger partial charge in [-0.05, 0) is 43.0 Å². The summed E-state index contributed by atoms with van der Waals surface area (Å²) in [5.74, 6) is 0.465. The summed E-state index contributed by atoms with van der Waals surface area (Å²) in [5.41, 5.74) is 3.73. The Labute approximate surface area is 190 Å². The lowest BCUT2D eigenvalue weighted by Gasteiger charge is -2.21. The number of aryl methyl sites for hydroxylation is 2. The fourth-order valence-electron chi connectivity index (χ4n) is 3.30. The van der Waals surface area contributed by atoms with Crippen LogP contribution in [0.4, 0.5) is 30.6 Å². The van der Waals surface area contributed by atoms with Crippen LogP contribution in [0.2, 0.25) is 0 Å². The molecule has 0 amide bonds. The van der Waals surface area contributed by atoms with Gasteiger partial charge in [-0.1, -0.05) is 44.2 Å². The molecule has 1 heterocycles. The van der Waals surface area contributed by atoms with Crippen molar-refractivity contribution in [3.8, 4) is 17.0 Å². The highest BCUT2D eigenvalue weighted by atomic mass is 19.4. The Morgan fingerprint density at radius 1 is 1.00 bits per heavy atom.